The molecule has 2 fully saturated rings. The van der Waals surface area contributed by atoms with E-state index in [4.69, 9.17) is 4.74 Å². The molecule has 2 aromatic heterocycles. The molecule has 1 amide bonds. The minimum absolute atomic E-state index is 0.137. The molecule has 3 aliphatic heterocycles. The number of hydrogen-bond acceptors (Lipinski definition) is 4. The zero-order chi connectivity index (χ0) is 18.4. The summed E-state index contributed by atoms with van der Waals surface area (Å²) in [5.74, 6) is 1.08. The minimum Gasteiger partial charge on any atom is -0.368 e. The molecule has 1 spiro atoms. The van der Waals surface area contributed by atoms with E-state index in [0.29, 0.717) is 19.7 Å². The van der Waals surface area contributed by atoms with Crippen LogP contribution in [0.25, 0.3) is 5.82 Å². The van der Waals surface area contributed by atoms with E-state index in [0.717, 1.165) is 37.3 Å². The highest BCUT2D eigenvalue weighted by molar-refractivity contribution is 5.82. The maximum atomic E-state index is 13.0. The summed E-state index contributed by atoms with van der Waals surface area (Å²) >= 11 is 0. The van der Waals surface area contributed by atoms with Crippen molar-refractivity contribution in [2.45, 2.75) is 30.9 Å². The molecule has 0 radical (unpaired) electrons. The first-order chi connectivity index (χ1) is 13.2. The van der Waals surface area contributed by atoms with Crippen molar-refractivity contribution in [1.82, 2.24) is 14.5 Å². The standard InChI is InChI=1S/C21H24N4O2/c1-2-11-25-16-6-3-10-22-19(16)24-12-4-8-18(24)21(25)9-13-23(15-21)20(26)17-7-5-14-27-17/h2-4,6,8,10,12,17H,1,5,7,9,11,13-15H2/t17-,21-/m1/s1. The van der Waals surface area contributed by atoms with Gasteiger partial charge in [-0.2, -0.15) is 0 Å². The molecule has 2 saturated heterocycles. The Balaban J connectivity index is 1.56. The molecule has 0 saturated carbocycles. The predicted molar refractivity (Wildman–Crippen MR) is 103 cm³/mol. The summed E-state index contributed by atoms with van der Waals surface area (Å²) in [7, 11) is 0. The lowest BCUT2D eigenvalue weighted by atomic mass is 9.89. The first-order valence-corrected chi connectivity index (χ1v) is 9.67. The number of rotatable bonds is 3. The van der Waals surface area contributed by atoms with Gasteiger partial charge in [0.25, 0.3) is 5.91 Å². The molecular weight excluding hydrogens is 340 g/mol. The topological polar surface area (TPSA) is 50.6 Å². The number of carbonyl (C=O) groups is 1. The summed E-state index contributed by atoms with van der Waals surface area (Å²) in [5, 5.41) is 0. The second-order valence-corrected chi connectivity index (χ2v) is 7.55. The van der Waals surface area contributed by atoms with Crippen LogP contribution in [0.15, 0.2) is 49.3 Å². The monoisotopic (exact) mass is 364 g/mol. The fourth-order valence-corrected chi connectivity index (χ4v) is 4.89. The molecular formula is C21H24N4O2. The molecule has 2 atom stereocenters. The number of fused-ring (bicyclic) bond motifs is 4. The van der Waals surface area contributed by atoms with Crippen LogP contribution in [0, 0.1) is 0 Å². The highest BCUT2D eigenvalue weighted by atomic mass is 16.5. The van der Waals surface area contributed by atoms with Gasteiger partial charge in [-0.05, 0) is 43.5 Å². The third-order valence-electron chi connectivity index (χ3n) is 6.10. The molecule has 2 aromatic rings. The van der Waals surface area contributed by atoms with E-state index < -0.39 is 0 Å². The molecule has 5 rings (SSSR count). The summed E-state index contributed by atoms with van der Waals surface area (Å²) in [6.07, 6.45) is 8.26. The third kappa shape index (κ3) is 2.36. The van der Waals surface area contributed by atoms with Crippen molar-refractivity contribution < 1.29 is 9.53 Å². The van der Waals surface area contributed by atoms with Crippen molar-refractivity contribution in [3.63, 3.8) is 0 Å². The molecule has 0 aromatic carbocycles. The van der Waals surface area contributed by atoms with Gasteiger partial charge in [0.05, 0.1) is 11.4 Å². The minimum atomic E-state index is -0.266. The number of ether oxygens (including phenoxy) is 1. The number of anilines is 1. The maximum absolute atomic E-state index is 13.0. The van der Waals surface area contributed by atoms with Crippen LogP contribution in [0.3, 0.4) is 0 Å². The van der Waals surface area contributed by atoms with Gasteiger partial charge in [-0.3, -0.25) is 4.79 Å². The fraction of sp³-hybridized carbons (Fsp3) is 0.429. The summed E-state index contributed by atoms with van der Waals surface area (Å²) in [6, 6.07) is 8.31. The second-order valence-electron chi connectivity index (χ2n) is 7.55. The number of aromatic nitrogens is 2. The average molecular weight is 364 g/mol. The van der Waals surface area contributed by atoms with Gasteiger partial charge in [-0.15, -0.1) is 6.58 Å². The molecule has 5 heterocycles. The van der Waals surface area contributed by atoms with Crippen LogP contribution in [0.1, 0.15) is 25.0 Å². The maximum Gasteiger partial charge on any atom is 0.251 e. The van der Waals surface area contributed by atoms with Gasteiger partial charge in [-0.25, -0.2) is 4.98 Å². The molecule has 6 heteroatoms. The largest absolute Gasteiger partial charge is 0.368 e. The second kappa shape index (κ2) is 6.23. The SMILES string of the molecule is C=CCN1c2cccnc2-n2cccc2[C@]12CCN(C(=O)[C@H]1CCCO1)C2. The van der Waals surface area contributed by atoms with Gasteiger partial charge in [0.15, 0.2) is 5.82 Å². The lowest BCUT2D eigenvalue weighted by Crippen LogP contribution is -2.53. The Hall–Kier alpha value is -2.60. The van der Waals surface area contributed by atoms with Gasteiger partial charge < -0.3 is 19.1 Å². The van der Waals surface area contributed by atoms with Crippen molar-refractivity contribution in [3.05, 3.63) is 55.0 Å². The summed E-state index contributed by atoms with van der Waals surface area (Å²) < 4.78 is 7.83. The van der Waals surface area contributed by atoms with Crippen molar-refractivity contribution in [3.8, 4) is 5.82 Å². The Morgan fingerprint density at radius 1 is 1.41 bits per heavy atom. The molecule has 27 heavy (non-hydrogen) atoms. The quantitative estimate of drug-likeness (QED) is 0.785. The zero-order valence-corrected chi connectivity index (χ0v) is 15.4. The average Bonchev–Trinajstić information content (AvgIpc) is 3.46. The van der Waals surface area contributed by atoms with Crippen LogP contribution in [0.4, 0.5) is 5.69 Å². The van der Waals surface area contributed by atoms with Gasteiger partial charge in [0, 0.05) is 38.6 Å². The number of nitrogens with zero attached hydrogens (tertiary/aromatic N) is 4. The number of pyridine rings is 1. The van der Waals surface area contributed by atoms with Crippen LogP contribution in [0.5, 0.6) is 0 Å². The van der Waals surface area contributed by atoms with Gasteiger partial charge >= 0.3 is 0 Å². The number of amides is 1. The highest BCUT2D eigenvalue weighted by Gasteiger charge is 2.51. The van der Waals surface area contributed by atoms with Crippen LogP contribution in [-0.4, -0.2) is 52.7 Å². The smallest absolute Gasteiger partial charge is 0.251 e. The van der Waals surface area contributed by atoms with Crippen LogP contribution < -0.4 is 4.90 Å². The van der Waals surface area contributed by atoms with Crippen LogP contribution in [0.2, 0.25) is 0 Å². The zero-order valence-electron chi connectivity index (χ0n) is 15.4. The van der Waals surface area contributed by atoms with Gasteiger partial charge in [0.1, 0.15) is 11.6 Å². The molecule has 0 aliphatic carbocycles. The van der Waals surface area contributed by atoms with Gasteiger partial charge in [-0.1, -0.05) is 6.08 Å². The van der Waals surface area contributed by atoms with Crippen molar-refractivity contribution in [2.24, 2.45) is 0 Å². The Kier molecular flexibility index (Phi) is 3.82. The van der Waals surface area contributed by atoms with Gasteiger partial charge in [0.2, 0.25) is 0 Å². The lowest BCUT2D eigenvalue weighted by Gasteiger charge is -2.46. The van der Waals surface area contributed by atoms with E-state index in [1.165, 1.54) is 5.69 Å². The molecule has 6 nitrogen and oxygen atoms in total. The Labute approximate surface area is 159 Å². The molecule has 0 N–H and O–H groups in total. The van der Waals surface area contributed by atoms with Crippen LogP contribution in [-0.2, 0) is 15.1 Å². The Morgan fingerprint density at radius 2 is 2.33 bits per heavy atom. The lowest BCUT2D eigenvalue weighted by molar-refractivity contribution is -0.140. The highest BCUT2D eigenvalue weighted by Crippen LogP contribution is 2.47. The predicted octanol–water partition coefficient (Wildman–Crippen LogP) is 2.48. The van der Waals surface area contributed by atoms with E-state index in [1.807, 2.05) is 23.2 Å². The summed E-state index contributed by atoms with van der Waals surface area (Å²) in [4.78, 5) is 22.0. The number of hydrogen-bond donors (Lipinski definition) is 0. The third-order valence-corrected chi connectivity index (χ3v) is 6.10. The summed E-state index contributed by atoms with van der Waals surface area (Å²) in [6.45, 7) is 6.79. The molecule has 3 aliphatic rings. The normalized spacial score (nSPS) is 26.3. The van der Waals surface area contributed by atoms with E-state index in [9.17, 15) is 4.79 Å². The van der Waals surface area contributed by atoms with E-state index >= 15 is 0 Å². The molecule has 0 bridgehead atoms. The Bertz CT molecular complexity index is 886. The van der Waals surface area contributed by atoms with Crippen molar-refractivity contribution in [1.29, 1.82) is 0 Å². The number of carbonyl (C=O) groups excluding carboxylic acids is 1. The molecule has 0 unspecified atom stereocenters. The number of likely N-dealkylation sites (tertiary alicyclic amines) is 1. The van der Waals surface area contributed by atoms with Crippen molar-refractivity contribution >= 4 is 11.6 Å². The van der Waals surface area contributed by atoms with Crippen molar-refractivity contribution in [2.75, 3.05) is 31.1 Å². The summed E-state index contributed by atoms with van der Waals surface area (Å²) in [5.41, 5.74) is 2.02. The van der Waals surface area contributed by atoms with E-state index in [-0.39, 0.29) is 17.6 Å². The molecule has 140 valence electrons. The first kappa shape index (κ1) is 16.6. The van der Waals surface area contributed by atoms with E-state index in [1.54, 1.807) is 0 Å². The fourth-order valence-electron chi connectivity index (χ4n) is 4.89. The first-order valence-electron chi connectivity index (χ1n) is 9.67. The van der Waals surface area contributed by atoms with E-state index in [2.05, 4.69) is 45.4 Å². The Morgan fingerprint density at radius 3 is 3.15 bits per heavy atom. The van der Waals surface area contributed by atoms with Crippen LogP contribution >= 0.6 is 0 Å².